The molecule has 0 saturated carbocycles. The van der Waals surface area contributed by atoms with Gasteiger partial charge in [0.2, 0.25) is 0 Å². The van der Waals surface area contributed by atoms with Gasteiger partial charge < -0.3 is 120 Å². The number of rotatable bonds is 0. The molecule has 22 rings (SSSR count). The van der Waals surface area contributed by atoms with Gasteiger partial charge in [0.15, 0.2) is 37.7 Å². The Balaban J connectivity index is 0.791. The molecule has 24 heteroatoms. The van der Waals surface area contributed by atoms with Crippen molar-refractivity contribution in [2.24, 2.45) is 34.4 Å². The Morgan fingerprint density at radius 2 is 0.429 bits per heavy atom. The number of hydrogen-bond donors (Lipinski definition) is 6. The van der Waals surface area contributed by atoms with Crippen molar-refractivity contribution in [2.45, 2.75) is 304 Å². The van der Waals surface area contributed by atoms with Gasteiger partial charge in [0.1, 0.15) is 0 Å². The average Bonchev–Trinajstić information content (AvgIpc) is 3.65. The van der Waals surface area contributed by atoms with Crippen LogP contribution in [0.25, 0.3) is 0 Å². The molecule has 22 fully saturated rings. The summed E-state index contributed by atoms with van der Waals surface area (Å²) in [4.78, 5) is 0. The summed E-state index contributed by atoms with van der Waals surface area (Å²) < 4.78 is 111. The molecule has 24 nitrogen and oxygen atoms in total. The summed E-state index contributed by atoms with van der Waals surface area (Å²) in [7, 11) is 0. The van der Waals surface area contributed by atoms with E-state index < -0.39 is 12.6 Å². The summed E-state index contributed by atoms with van der Waals surface area (Å²) in [6.07, 6.45) is 8.45. The Kier molecular flexibility index (Phi) is 31.9. The van der Waals surface area contributed by atoms with Crippen molar-refractivity contribution in [3.8, 4) is 0 Å². The van der Waals surface area contributed by atoms with Gasteiger partial charge in [0.05, 0.1) is 85.3 Å². The van der Waals surface area contributed by atoms with Gasteiger partial charge in [0.25, 0.3) is 0 Å². The monoisotopic (exact) mass is 1210 g/mol. The number of ether oxygens (including phenoxy) is 18. The third kappa shape index (κ3) is 23.4. The lowest BCUT2D eigenvalue weighted by atomic mass is 10.0. The van der Waals surface area contributed by atoms with Gasteiger partial charge in [-0.05, 0) is 131 Å². The molecule has 22 aliphatic rings. The lowest BCUT2D eigenvalue weighted by molar-refractivity contribution is -0.238. The van der Waals surface area contributed by atoms with Gasteiger partial charge in [-0.15, -0.1) is 0 Å². The molecule has 0 spiro atoms. The van der Waals surface area contributed by atoms with Gasteiger partial charge in [0, 0.05) is 129 Å². The van der Waals surface area contributed by atoms with Crippen LogP contribution in [0, 0.1) is 0 Å². The zero-order chi connectivity index (χ0) is 59.8. The van der Waals surface area contributed by atoms with Crippen LogP contribution in [0.3, 0.4) is 0 Å². The predicted molar refractivity (Wildman–Crippen MR) is 311 cm³/mol. The first-order valence-electron chi connectivity index (χ1n) is 32.5. The highest BCUT2D eigenvalue weighted by Gasteiger charge is 2.41. The van der Waals surface area contributed by atoms with Crippen LogP contribution in [0.2, 0.25) is 0 Å². The van der Waals surface area contributed by atoms with E-state index in [1.807, 2.05) is 41.5 Å². The van der Waals surface area contributed by atoms with E-state index in [0.717, 1.165) is 77.0 Å². The van der Waals surface area contributed by atoms with Crippen LogP contribution in [0.1, 0.15) is 157 Å². The van der Waals surface area contributed by atoms with Gasteiger partial charge in [-0.3, -0.25) is 0 Å². The summed E-state index contributed by atoms with van der Waals surface area (Å²) >= 11 is 0. The Morgan fingerprint density at radius 3 is 0.667 bits per heavy atom. The highest BCUT2D eigenvalue weighted by molar-refractivity contribution is 4.89. The van der Waals surface area contributed by atoms with Crippen LogP contribution in [0.5, 0.6) is 0 Å². The van der Waals surface area contributed by atoms with Crippen LogP contribution in [0.4, 0.5) is 0 Å². The molecule has 12 bridgehead atoms. The molecular weight excluding hydrogens is 1100 g/mol. The van der Waals surface area contributed by atoms with E-state index in [1.165, 1.54) is 0 Å². The van der Waals surface area contributed by atoms with E-state index in [-0.39, 0.29) is 135 Å². The van der Waals surface area contributed by atoms with Crippen molar-refractivity contribution in [3.05, 3.63) is 0 Å². The van der Waals surface area contributed by atoms with E-state index in [1.54, 1.807) is 0 Å². The second-order valence-electron chi connectivity index (χ2n) is 24.5. The van der Waals surface area contributed by atoms with Gasteiger partial charge in [-0.1, -0.05) is 0 Å². The van der Waals surface area contributed by atoms with Crippen LogP contribution < -0.4 is 34.4 Å². The quantitative estimate of drug-likeness (QED) is 0.188. The molecule has 0 aromatic carbocycles. The SMILES string of the molecule is C[C@@H]1O[C@@H]2C[C@@H]([15NH2])[C@H]1OCCCCO[C@@H]1[C@H]([15NH2])C[C@H](OCCCCO[C@@H]3O[C@@H](C)[C@@H](C[C@@H]3[15NH2])OCCCCO[C@@H]3[C@H]([15NH2])C[C@H](OCCCCO[C@@H]4O[C@@H](C)[C@@H](C[C@@H]4[15NH2])OCCCCO[C@H]4[C@@H]([15NH2])C[C@@H](OCCCCO2)O[C@@H]4C)O[C@H]3C)O[C@H]1C. The van der Waals surface area contributed by atoms with Crippen molar-refractivity contribution in [2.75, 3.05) is 79.3 Å². The van der Waals surface area contributed by atoms with Crippen LogP contribution >= 0.6 is 0 Å². The fourth-order valence-electron chi connectivity index (χ4n) is 12.3. The molecule has 24 atom stereocenters. The maximum Gasteiger partial charge on any atom is 0.173 e. The average molecular weight is 1210 g/mol. The minimum atomic E-state index is -0.492. The Morgan fingerprint density at radius 1 is 0.214 bits per heavy atom. The fraction of sp³-hybridized carbons (Fsp3) is 1.00. The molecule has 0 unspecified atom stereocenters. The molecule has 0 aromatic rings. The molecule has 22 aliphatic heterocycles. The molecular formula is C60H114N6O18. The predicted octanol–water partition coefficient (Wildman–Crippen LogP) is 3.87. The highest BCUT2D eigenvalue weighted by Crippen LogP contribution is 2.29. The molecule has 0 radical (unpaired) electrons. The minimum Gasteiger partial charge on any atom is -0.375 e. The van der Waals surface area contributed by atoms with Crippen LogP contribution in [-0.2, 0) is 85.3 Å². The second kappa shape index (κ2) is 38.0. The molecule has 22 saturated heterocycles. The van der Waals surface area contributed by atoms with Crippen molar-refractivity contribution < 1.29 is 85.3 Å². The molecule has 84 heavy (non-hydrogen) atoms. The van der Waals surface area contributed by atoms with Crippen molar-refractivity contribution in [1.29, 1.82) is 0 Å². The lowest BCUT2D eigenvalue weighted by Crippen LogP contribution is -2.53. The Bertz CT molecular complexity index is 1700. The standard InChI is InChI=1S/C60H114N6O18/c1-37-49-31-47(65)59(83-37)77-29-17-11-23-71-53-35-44(62)56(40(4)81-53)74-26-14-8-20-68-50-32-48(66)60(84-38(50)2)78-30-18-12-24-72-54-36-46(64)58(42(6)82-54)76-28-16-15-27-75-57-41(5)80-52(34-45(57)63)70-22-10-9-21-69-51-33-43(61)55(39(3)79-51)73-25-13-7-19-67-49/h37-60H,7-36,61-66H2,1-6H3/t37-,38-,39+,40-,41-,42-,43-,44+,45+,46+,47-,48-,49+,50+,51-,52+,53+,54+,55+,56-,57-,58-,59+,60+/m0/s1/i61+1,62+1,63+1,64+1,65+1,66+1. The van der Waals surface area contributed by atoms with Gasteiger partial charge >= 0.3 is 0 Å². The first-order valence-corrected chi connectivity index (χ1v) is 32.5. The molecule has 0 aromatic heterocycles. The van der Waals surface area contributed by atoms with Gasteiger partial charge in [-0.25, -0.2) is 0 Å². The zero-order valence-corrected chi connectivity index (χ0v) is 51.9. The topological polar surface area (TPSA) is 322 Å². The van der Waals surface area contributed by atoms with E-state index in [2.05, 4.69) is 0 Å². The fourth-order valence-corrected chi connectivity index (χ4v) is 12.3. The molecule has 0 aliphatic carbocycles. The Hall–Kier alpha value is -0.960. The first kappa shape index (κ1) is 70.5. The maximum atomic E-state index is 6.59. The van der Waals surface area contributed by atoms with Crippen LogP contribution in [-0.4, -0.2) is 227 Å². The largest absolute Gasteiger partial charge is 0.375 e. The smallest absolute Gasteiger partial charge is 0.173 e. The second-order valence-corrected chi connectivity index (χ2v) is 24.5. The lowest BCUT2D eigenvalue weighted by Gasteiger charge is -2.39. The maximum absolute atomic E-state index is 6.59. The van der Waals surface area contributed by atoms with Crippen molar-refractivity contribution in [1.82, 2.24) is 0 Å². The number of hydrogen-bond acceptors (Lipinski definition) is 24. The third-order valence-corrected chi connectivity index (χ3v) is 17.2. The molecule has 12 N–H and O–H groups in total. The van der Waals surface area contributed by atoms with E-state index in [4.69, 9.17) is 120 Å². The van der Waals surface area contributed by atoms with Crippen molar-refractivity contribution >= 4 is 0 Å². The summed E-state index contributed by atoms with van der Waals surface area (Å²) in [5.41, 5.74) is 39.4. The van der Waals surface area contributed by atoms with E-state index >= 15 is 0 Å². The normalized spacial score (nSPS) is 45.0. The Labute approximate surface area is 501 Å². The zero-order valence-electron chi connectivity index (χ0n) is 51.9. The molecule has 22 heterocycles. The summed E-state index contributed by atoms with van der Waals surface area (Å²) in [5.74, 6) is 0. The van der Waals surface area contributed by atoms with E-state index in [9.17, 15) is 0 Å². The minimum absolute atomic E-state index is 0.116. The van der Waals surface area contributed by atoms with Crippen LogP contribution in [0.15, 0.2) is 0 Å². The first-order chi connectivity index (χ1) is 40.6. The van der Waals surface area contributed by atoms with Gasteiger partial charge in [-0.2, -0.15) is 0 Å². The molecule has 492 valence electrons. The summed E-state index contributed by atoms with van der Waals surface area (Å²) in [6.45, 7) is 18.4. The molecule has 0 amide bonds. The highest BCUT2D eigenvalue weighted by atomic mass is 16.7. The summed E-state index contributed by atoms with van der Waals surface area (Å²) in [5, 5.41) is 0. The van der Waals surface area contributed by atoms with E-state index in [0.29, 0.717) is 118 Å². The number of nitrogens with two attached hydrogens (primary N) is 6. The third-order valence-electron chi connectivity index (χ3n) is 17.2. The summed E-state index contributed by atoms with van der Waals surface area (Å²) in [6, 6.07) is -1.41. The van der Waals surface area contributed by atoms with Crippen molar-refractivity contribution in [3.63, 3.8) is 0 Å².